The zero-order valence-corrected chi connectivity index (χ0v) is 12.1. The first-order chi connectivity index (χ1) is 10.1. The number of hydrogen-bond acceptors (Lipinski definition) is 3. The number of nitriles is 1. The van der Waals surface area contributed by atoms with Crippen LogP contribution in [0.5, 0.6) is 5.75 Å². The Labute approximate surface area is 127 Å². The van der Waals surface area contributed by atoms with Crippen LogP contribution >= 0.6 is 11.6 Å². The molecular formula is C16H13ClN2O2. The molecule has 0 spiro atoms. The molecule has 1 amide bonds. The van der Waals surface area contributed by atoms with Gasteiger partial charge in [0.1, 0.15) is 11.8 Å². The molecule has 0 heterocycles. The van der Waals surface area contributed by atoms with Crippen molar-refractivity contribution in [3.8, 4) is 11.8 Å². The van der Waals surface area contributed by atoms with Crippen LogP contribution in [0, 0.1) is 11.3 Å². The Hall–Kier alpha value is -2.51. The van der Waals surface area contributed by atoms with E-state index in [4.69, 9.17) is 21.6 Å². The first kappa shape index (κ1) is 14.9. The molecule has 0 radical (unpaired) electrons. The highest BCUT2D eigenvalue weighted by molar-refractivity contribution is 6.30. The summed E-state index contributed by atoms with van der Waals surface area (Å²) < 4.78 is 5.52. The minimum atomic E-state index is -0.713. The smallest absolute Gasteiger partial charge is 0.265 e. The lowest BCUT2D eigenvalue weighted by Crippen LogP contribution is -2.30. The zero-order chi connectivity index (χ0) is 15.2. The van der Waals surface area contributed by atoms with Gasteiger partial charge >= 0.3 is 0 Å². The molecular weight excluding hydrogens is 288 g/mol. The molecule has 106 valence electrons. The lowest BCUT2D eigenvalue weighted by atomic mass is 10.2. The predicted octanol–water partition coefficient (Wildman–Crippen LogP) is 3.62. The Morgan fingerprint density at radius 1 is 1.29 bits per heavy atom. The lowest BCUT2D eigenvalue weighted by Gasteiger charge is -2.15. The average molecular weight is 301 g/mol. The van der Waals surface area contributed by atoms with E-state index in [1.165, 1.54) is 0 Å². The molecule has 0 aliphatic heterocycles. The van der Waals surface area contributed by atoms with Crippen molar-refractivity contribution in [1.29, 1.82) is 5.26 Å². The highest BCUT2D eigenvalue weighted by atomic mass is 35.5. The number of anilines is 1. The summed E-state index contributed by atoms with van der Waals surface area (Å²) in [4.78, 5) is 12.1. The van der Waals surface area contributed by atoms with E-state index in [-0.39, 0.29) is 5.91 Å². The summed E-state index contributed by atoms with van der Waals surface area (Å²) in [7, 11) is 0. The second-order valence-electron chi connectivity index (χ2n) is 4.36. The highest BCUT2D eigenvalue weighted by Gasteiger charge is 2.16. The third-order valence-corrected chi connectivity index (χ3v) is 3.02. The summed E-state index contributed by atoms with van der Waals surface area (Å²) in [5.41, 5.74) is 0.868. The fourth-order valence-corrected chi connectivity index (χ4v) is 1.90. The summed E-state index contributed by atoms with van der Waals surface area (Å²) in [5, 5.41) is 12.2. The van der Waals surface area contributed by atoms with Crippen molar-refractivity contribution in [2.45, 2.75) is 13.0 Å². The number of halogens is 1. The molecule has 0 aliphatic carbocycles. The Balaban J connectivity index is 2.05. The number of amides is 1. The number of para-hydroxylation sites is 1. The molecule has 2 aromatic rings. The molecule has 0 aromatic heterocycles. The number of nitrogens with zero attached hydrogens (tertiary/aromatic N) is 1. The number of benzene rings is 2. The molecule has 5 heteroatoms. The minimum Gasteiger partial charge on any atom is -0.481 e. The predicted molar refractivity (Wildman–Crippen MR) is 81.3 cm³/mol. The van der Waals surface area contributed by atoms with Crippen molar-refractivity contribution >= 4 is 23.2 Å². The zero-order valence-electron chi connectivity index (χ0n) is 11.3. The number of ether oxygens (including phenoxy) is 1. The van der Waals surface area contributed by atoms with Crippen LogP contribution in [0.4, 0.5) is 5.69 Å². The Bertz CT molecular complexity index is 695. The maximum atomic E-state index is 12.1. The van der Waals surface area contributed by atoms with Gasteiger partial charge in [-0.05, 0) is 37.3 Å². The van der Waals surface area contributed by atoms with Crippen LogP contribution in [0.15, 0.2) is 48.5 Å². The SMILES string of the molecule is C[C@@H](Oc1cccc(Cl)c1)C(=O)Nc1ccccc1C#N. The van der Waals surface area contributed by atoms with Crippen LogP contribution in [0.2, 0.25) is 5.02 Å². The Morgan fingerprint density at radius 3 is 2.76 bits per heavy atom. The summed E-state index contributed by atoms with van der Waals surface area (Å²) >= 11 is 5.86. The number of carbonyl (C=O) groups excluding carboxylic acids is 1. The van der Waals surface area contributed by atoms with Gasteiger partial charge in [0.25, 0.3) is 5.91 Å². The third-order valence-electron chi connectivity index (χ3n) is 2.78. The second kappa shape index (κ2) is 6.78. The molecule has 0 bridgehead atoms. The molecule has 0 saturated carbocycles. The van der Waals surface area contributed by atoms with E-state index in [0.29, 0.717) is 22.0 Å². The quantitative estimate of drug-likeness (QED) is 0.938. The van der Waals surface area contributed by atoms with Crippen LogP contribution in [-0.4, -0.2) is 12.0 Å². The van der Waals surface area contributed by atoms with E-state index in [1.807, 2.05) is 6.07 Å². The van der Waals surface area contributed by atoms with Crippen molar-refractivity contribution in [3.05, 3.63) is 59.1 Å². The minimum absolute atomic E-state index is 0.335. The topological polar surface area (TPSA) is 62.1 Å². The van der Waals surface area contributed by atoms with Gasteiger partial charge in [0, 0.05) is 5.02 Å². The molecule has 0 saturated heterocycles. The van der Waals surface area contributed by atoms with Crippen LogP contribution in [-0.2, 0) is 4.79 Å². The van der Waals surface area contributed by atoms with Gasteiger partial charge in [-0.15, -0.1) is 0 Å². The monoisotopic (exact) mass is 300 g/mol. The average Bonchev–Trinajstić information content (AvgIpc) is 2.47. The number of carbonyl (C=O) groups is 1. The van der Waals surface area contributed by atoms with Gasteiger partial charge in [-0.2, -0.15) is 5.26 Å². The summed E-state index contributed by atoms with van der Waals surface area (Å²) in [6, 6.07) is 15.6. The standard InChI is InChI=1S/C16H13ClN2O2/c1-11(21-14-7-4-6-13(17)9-14)16(20)19-15-8-3-2-5-12(15)10-18/h2-9,11H,1H3,(H,19,20)/t11-/m1/s1. The van der Waals surface area contributed by atoms with Crippen molar-refractivity contribution in [2.24, 2.45) is 0 Å². The number of nitrogens with one attached hydrogen (secondary N) is 1. The first-order valence-corrected chi connectivity index (χ1v) is 6.70. The third kappa shape index (κ3) is 3.98. The molecule has 2 rings (SSSR count). The van der Waals surface area contributed by atoms with E-state index in [1.54, 1.807) is 55.5 Å². The molecule has 0 fully saturated rings. The van der Waals surface area contributed by atoms with E-state index in [0.717, 1.165) is 0 Å². The highest BCUT2D eigenvalue weighted by Crippen LogP contribution is 2.19. The van der Waals surface area contributed by atoms with E-state index in [2.05, 4.69) is 5.32 Å². The van der Waals surface area contributed by atoms with Gasteiger partial charge in [-0.3, -0.25) is 4.79 Å². The van der Waals surface area contributed by atoms with Crippen LogP contribution < -0.4 is 10.1 Å². The normalized spacial score (nSPS) is 11.3. The largest absolute Gasteiger partial charge is 0.481 e. The molecule has 4 nitrogen and oxygen atoms in total. The number of rotatable bonds is 4. The van der Waals surface area contributed by atoms with E-state index in [9.17, 15) is 4.79 Å². The molecule has 1 N–H and O–H groups in total. The van der Waals surface area contributed by atoms with Crippen molar-refractivity contribution < 1.29 is 9.53 Å². The van der Waals surface area contributed by atoms with Crippen LogP contribution in [0.1, 0.15) is 12.5 Å². The van der Waals surface area contributed by atoms with Gasteiger partial charge in [-0.25, -0.2) is 0 Å². The fourth-order valence-electron chi connectivity index (χ4n) is 1.72. The summed E-state index contributed by atoms with van der Waals surface area (Å²) in [6.45, 7) is 1.63. The van der Waals surface area contributed by atoms with Gasteiger partial charge in [0.2, 0.25) is 0 Å². The molecule has 2 aromatic carbocycles. The Kier molecular flexibility index (Phi) is 4.81. The maximum absolute atomic E-state index is 12.1. The first-order valence-electron chi connectivity index (χ1n) is 6.32. The molecule has 1 atom stereocenters. The maximum Gasteiger partial charge on any atom is 0.265 e. The molecule has 0 aliphatic rings. The van der Waals surface area contributed by atoms with Crippen molar-refractivity contribution in [1.82, 2.24) is 0 Å². The van der Waals surface area contributed by atoms with Crippen LogP contribution in [0.3, 0.4) is 0 Å². The van der Waals surface area contributed by atoms with E-state index < -0.39 is 6.10 Å². The van der Waals surface area contributed by atoms with Crippen LogP contribution in [0.25, 0.3) is 0 Å². The summed E-state index contributed by atoms with van der Waals surface area (Å²) in [5.74, 6) is 0.177. The van der Waals surface area contributed by atoms with Gasteiger partial charge < -0.3 is 10.1 Å². The van der Waals surface area contributed by atoms with Crippen molar-refractivity contribution in [2.75, 3.05) is 5.32 Å². The molecule has 0 unspecified atom stereocenters. The summed E-state index contributed by atoms with van der Waals surface area (Å²) in [6.07, 6.45) is -0.713. The van der Waals surface area contributed by atoms with Gasteiger partial charge in [0.15, 0.2) is 6.10 Å². The fraction of sp³-hybridized carbons (Fsp3) is 0.125. The second-order valence-corrected chi connectivity index (χ2v) is 4.80. The van der Waals surface area contributed by atoms with E-state index >= 15 is 0 Å². The molecule has 21 heavy (non-hydrogen) atoms. The number of hydrogen-bond donors (Lipinski definition) is 1. The Morgan fingerprint density at radius 2 is 2.05 bits per heavy atom. The van der Waals surface area contributed by atoms with Crippen molar-refractivity contribution in [3.63, 3.8) is 0 Å². The lowest BCUT2D eigenvalue weighted by molar-refractivity contribution is -0.122. The van der Waals surface area contributed by atoms with Gasteiger partial charge in [0.05, 0.1) is 11.3 Å². The van der Waals surface area contributed by atoms with Gasteiger partial charge in [-0.1, -0.05) is 29.8 Å².